The van der Waals surface area contributed by atoms with E-state index in [1.807, 2.05) is 0 Å². The summed E-state index contributed by atoms with van der Waals surface area (Å²) in [7, 11) is 1.64. The summed E-state index contributed by atoms with van der Waals surface area (Å²) in [5, 5.41) is 8.99. The van der Waals surface area contributed by atoms with E-state index in [9.17, 15) is 4.79 Å². The molecular formula is C12H7N3O2S. The van der Waals surface area contributed by atoms with Crippen molar-refractivity contribution >= 4 is 22.4 Å². The third-order valence-corrected chi connectivity index (χ3v) is 3.46. The van der Waals surface area contributed by atoms with E-state index in [1.165, 1.54) is 15.9 Å². The van der Waals surface area contributed by atoms with E-state index < -0.39 is 5.76 Å². The van der Waals surface area contributed by atoms with Crippen LogP contribution in [0.2, 0.25) is 0 Å². The van der Waals surface area contributed by atoms with Crippen LogP contribution >= 0.6 is 11.3 Å². The topological polar surface area (TPSA) is 71.8 Å². The van der Waals surface area contributed by atoms with Crippen molar-refractivity contribution < 1.29 is 4.42 Å². The molecule has 0 aliphatic rings. The zero-order chi connectivity index (χ0) is 12.7. The zero-order valence-electron chi connectivity index (χ0n) is 9.38. The largest absolute Gasteiger partial charge is 0.419 e. The molecule has 0 aliphatic heterocycles. The van der Waals surface area contributed by atoms with Crippen LogP contribution in [-0.4, -0.2) is 9.55 Å². The van der Waals surface area contributed by atoms with Crippen molar-refractivity contribution in [3.8, 4) is 17.3 Å². The third-order valence-electron chi connectivity index (χ3n) is 2.73. The van der Waals surface area contributed by atoms with Gasteiger partial charge in [0.25, 0.3) is 0 Å². The van der Waals surface area contributed by atoms with E-state index in [2.05, 4.69) is 11.1 Å². The Bertz CT molecular complexity index is 835. The van der Waals surface area contributed by atoms with Crippen LogP contribution in [0.15, 0.2) is 32.9 Å². The number of benzene rings is 1. The average molecular weight is 257 g/mol. The Morgan fingerprint density at radius 3 is 3.11 bits per heavy atom. The maximum atomic E-state index is 11.4. The molecule has 88 valence electrons. The number of thiazole rings is 1. The van der Waals surface area contributed by atoms with Crippen LogP contribution in [0.5, 0.6) is 0 Å². The van der Waals surface area contributed by atoms with Gasteiger partial charge in [0, 0.05) is 12.6 Å². The first-order valence-corrected chi connectivity index (χ1v) is 6.02. The lowest BCUT2D eigenvalue weighted by Gasteiger charge is -1.98. The van der Waals surface area contributed by atoms with Crippen LogP contribution in [0, 0.1) is 11.3 Å². The highest BCUT2D eigenvalue weighted by Crippen LogP contribution is 2.27. The van der Waals surface area contributed by atoms with E-state index >= 15 is 0 Å². The van der Waals surface area contributed by atoms with Crippen LogP contribution in [-0.2, 0) is 7.05 Å². The summed E-state index contributed by atoms with van der Waals surface area (Å²) < 4.78 is 6.48. The minimum absolute atomic E-state index is 0.402. The van der Waals surface area contributed by atoms with Crippen molar-refractivity contribution in [3.05, 3.63) is 39.1 Å². The molecule has 0 spiro atoms. The van der Waals surface area contributed by atoms with Crippen LogP contribution in [0.1, 0.15) is 4.88 Å². The molecule has 6 heteroatoms. The predicted molar refractivity (Wildman–Crippen MR) is 67.3 cm³/mol. The summed E-state index contributed by atoms with van der Waals surface area (Å²) in [5.41, 5.74) is 4.29. The second kappa shape index (κ2) is 3.82. The van der Waals surface area contributed by atoms with E-state index in [-0.39, 0.29) is 0 Å². The third kappa shape index (κ3) is 1.45. The summed E-state index contributed by atoms with van der Waals surface area (Å²) in [6, 6.07) is 7.42. The molecule has 3 aromatic rings. The monoisotopic (exact) mass is 257 g/mol. The molecule has 0 amide bonds. The highest BCUT2D eigenvalue weighted by molar-refractivity contribution is 7.10. The summed E-state index contributed by atoms with van der Waals surface area (Å²) in [4.78, 5) is 16.1. The lowest BCUT2D eigenvalue weighted by molar-refractivity contribution is 0.528. The Morgan fingerprint density at radius 2 is 2.33 bits per heavy atom. The Hall–Kier alpha value is -2.39. The summed E-state index contributed by atoms with van der Waals surface area (Å²) in [6.07, 6.45) is 0. The first-order valence-electron chi connectivity index (χ1n) is 5.14. The first kappa shape index (κ1) is 10.7. The second-order valence-electron chi connectivity index (χ2n) is 3.75. The molecule has 0 saturated carbocycles. The molecule has 18 heavy (non-hydrogen) atoms. The fourth-order valence-electron chi connectivity index (χ4n) is 1.81. The Balaban J connectivity index is 2.29. The van der Waals surface area contributed by atoms with Crippen molar-refractivity contribution in [1.82, 2.24) is 9.55 Å². The predicted octanol–water partition coefficient (Wildman–Crippen LogP) is 2.13. The fraction of sp³-hybridized carbons (Fsp3) is 0.0833. The molecule has 2 aromatic heterocycles. The van der Waals surface area contributed by atoms with Gasteiger partial charge in [0.05, 0.1) is 16.7 Å². The molecule has 0 radical (unpaired) electrons. The summed E-state index contributed by atoms with van der Waals surface area (Å²) in [6.45, 7) is 0. The van der Waals surface area contributed by atoms with Crippen molar-refractivity contribution in [2.45, 2.75) is 0 Å². The van der Waals surface area contributed by atoms with Gasteiger partial charge in [0.2, 0.25) is 0 Å². The van der Waals surface area contributed by atoms with Gasteiger partial charge in [-0.1, -0.05) is 0 Å². The van der Waals surface area contributed by atoms with Crippen LogP contribution in [0.3, 0.4) is 0 Å². The number of fused-ring (bicyclic) bond motifs is 1. The smallest absolute Gasteiger partial charge is 0.408 e. The van der Waals surface area contributed by atoms with Gasteiger partial charge in [-0.05, 0) is 18.2 Å². The maximum Gasteiger partial charge on any atom is 0.419 e. The van der Waals surface area contributed by atoms with Crippen molar-refractivity contribution in [1.29, 1.82) is 5.26 Å². The Morgan fingerprint density at radius 1 is 1.50 bits per heavy atom. The number of hydrogen-bond donors (Lipinski definition) is 0. The quantitative estimate of drug-likeness (QED) is 0.669. The SMILES string of the molecule is Cn1c(=O)oc2ccc(-c3ncsc3C#N)cc21. The molecule has 0 bridgehead atoms. The highest BCUT2D eigenvalue weighted by atomic mass is 32.1. The standard InChI is InChI=1S/C12H7N3O2S/c1-15-8-4-7(2-3-9(8)17-12(15)16)11-10(5-13)18-6-14-11/h2-4,6H,1H3. The molecule has 0 atom stereocenters. The van der Waals surface area contributed by atoms with Gasteiger partial charge in [-0.15, -0.1) is 11.3 Å². The molecule has 0 saturated heterocycles. The number of hydrogen-bond acceptors (Lipinski definition) is 5. The molecule has 0 N–H and O–H groups in total. The highest BCUT2D eigenvalue weighted by Gasteiger charge is 2.11. The number of rotatable bonds is 1. The first-order chi connectivity index (χ1) is 8.70. The van der Waals surface area contributed by atoms with Gasteiger partial charge in [-0.2, -0.15) is 5.26 Å². The molecule has 0 fully saturated rings. The van der Waals surface area contributed by atoms with Crippen molar-refractivity contribution in [2.75, 3.05) is 0 Å². The van der Waals surface area contributed by atoms with Crippen molar-refractivity contribution in [3.63, 3.8) is 0 Å². The minimum Gasteiger partial charge on any atom is -0.408 e. The molecule has 2 heterocycles. The number of aryl methyl sites for hydroxylation is 1. The Kier molecular flexibility index (Phi) is 2.28. The average Bonchev–Trinajstić information content (AvgIpc) is 2.95. The molecule has 3 rings (SSSR count). The van der Waals surface area contributed by atoms with Crippen LogP contribution in [0.25, 0.3) is 22.4 Å². The number of aromatic nitrogens is 2. The maximum absolute atomic E-state index is 11.4. The second-order valence-corrected chi connectivity index (χ2v) is 4.61. The van der Waals surface area contributed by atoms with E-state index in [4.69, 9.17) is 9.68 Å². The Labute approximate surface area is 106 Å². The van der Waals surface area contributed by atoms with Gasteiger partial charge < -0.3 is 4.42 Å². The van der Waals surface area contributed by atoms with Crippen molar-refractivity contribution in [2.24, 2.45) is 7.05 Å². The molecule has 0 aliphatic carbocycles. The van der Waals surface area contributed by atoms with Gasteiger partial charge in [-0.3, -0.25) is 4.57 Å². The normalized spacial score (nSPS) is 10.7. The van der Waals surface area contributed by atoms with Crippen LogP contribution in [0.4, 0.5) is 0 Å². The molecule has 5 nitrogen and oxygen atoms in total. The van der Waals surface area contributed by atoms with Gasteiger partial charge in [0.1, 0.15) is 10.9 Å². The minimum atomic E-state index is -0.402. The molecule has 0 unspecified atom stereocenters. The summed E-state index contributed by atoms with van der Waals surface area (Å²) >= 11 is 1.29. The number of nitrogens with zero attached hydrogens (tertiary/aromatic N) is 3. The van der Waals surface area contributed by atoms with E-state index in [0.29, 0.717) is 21.7 Å². The number of nitriles is 1. The van der Waals surface area contributed by atoms with Gasteiger partial charge >= 0.3 is 5.76 Å². The fourth-order valence-corrected chi connectivity index (χ4v) is 2.40. The molecular weight excluding hydrogens is 250 g/mol. The van der Waals surface area contributed by atoms with Gasteiger partial charge in [-0.25, -0.2) is 9.78 Å². The summed E-state index contributed by atoms with van der Waals surface area (Å²) in [5.74, 6) is -0.402. The molecule has 1 aromatic carbocycles. The number of oxazole rings is 1. The van der Waals surface area contributed by atoms with Gasteiger partial charge in [0.15, 0.2) is 5.58 Å². The zero-order valence-corrected chi connectivity index (χ0v) is 10.2. The van der Waals surface area contributed by atoms with E-state index in [1.54, 1.807) is 30.8 Å². The lowest BCUT2D eigenvalue weighted by atomic mass is 10.1. The lowest BCUT2D eigenvalue weighted by Crippen LogP contribution is -2.08. The van der Waals surface area contributed by atoms with E-state index in [0.717, 1.165) is 5.56 Å². The van der Waals surface area contributed by atoms with Crippen LogP contribution < -0.4 is 5.76 Å².